The summed E-state index contributed by atoms with van der Waals surface area (Å²) in [6.07, 6.45) is 7.20. The molecule has 134 valence electrons. The highest BCUT2D eigenvalue weighted by atomic mass is 32.1. The molecule has 0 bridgehead atoms. The van der Waals surface area contributed by atoms with Gasteiger partial charge < -0.3 is 0 Å². The molecule has 1 N–H and O–H groups in total. The minimum absolute atomic E-state index is 0.276. The summed E-state index contributed by atoms with van der Waals surface area (Å²) in [5.74, 6) is -0.276. The molecule has 0 spiro atoms. The van der Waals surface area contributed by atoms with Crippen molar-refractivity contribution in [2.75, 3.05) is 0 Å². The Bertz CT molecular complexity index is 1240. The molecule has 0 radical (unpaired) electrons. The lowest BCUT2D eigenvalue weighted by Gasteiger charge is -2.11. The van der Waals surface area contributed by atoms with Gasteiger partial charge in [0.1, 0.15) is 0 Å². The van der Waals surface area contributed by atoms with Gasteiger partial charge in [0.05, 0.1) is 11.3 Å². The zero-order valence-electron chi connectivity index (χ0n) is 14.8. The monoisotopic (exact) mass is 381 g/mol. The van der Waals surface area contributed by atoms with Crippen molar-refractivity contribution in [2.45, 2.75) is 0 Å². The number of rotatable bonds is 3. The van der Waals surface area contributed by atoms with Crippen molar-refractivity contribution in [3.05, 3.63) is 95.8 Å². The fourth-order valence-corrected chi connectivity index (χ4v) is 4.59. The van der Waals surface area contributed by atoms with E-state index in [1.165, 1.54) is 32.3 Å². The second-order valence-corrected chi connectivity index (χ2v) is 7.45. The Morgan fingerprint density at radius 3 is 2.68 bits per heavy atom. The summed E-state index contributed by atoms with van der Waals surface area (Å²) in [6.45, 7) is 0. The van der Waals surface area contributed by atoms with Crippen molar-refractivity contribution < 1.29 is 4.79 Å². The highest BCUT2D eigenvalue weighted by Gasteiger charge is 2.20. The van der Waals surface area contributed by atoms with Gasteiger partial charge in [0.25, 0.3) is 5.91 Å². The number of thiophene rings is 1. The molecular weight excluding hydrogens is 366 g/mol. The fourth-order valence-electron chi connectivity index (χ4n) is 3.37. The summed E-state index contributed by atoms with van der Waals surface area (Å²) in [5.41, 5.74) is 7.31. The van der Waals surface area contributed by atoms with E-state index in [0.717, 1.165) is 11.3 Å². The molecule has 2 aromatic carbocycles. The minimum Gasteiger partial charge on any atom is -0.267 e. The summed E-state index contributed by atoms with van der Waals surface area (Å²) in [5, 5.41) is 5.56. The number of hydrogen-bond acceptors (Lipinski definition) is 4. The number of hydrogen-bond donors (Lipinski definition) is 1. The summed E-state index contributed by atoms with van der Waals surface area (Å²) in [7, 11) is 0. The standard InChI is InChI=1S/C23H15N3OS/c27-23(16-8-5-13-24-14-16)26-25-19-12-11-18-21-17(19)9-4-10-20(21)28-22(18)15-6-2-1-3-7-15/h1-14H,(H,26,27)/b25-19+. The van der Waals surface area contributed by atoms with Gasteiger partial charge in [-0.3, -0.25) is 9.78 Å². The number of allylic oxidation sites excluding steroid dienone is 1. The van der Waals surface area contributed by atoms with Gasteiger partial charge >= 0.3 is 0 Å². The van der Waals surface area contributed by atoms with E-state index in [-0.39, 0.29) is 5.91 Å². The Morgan fingerprint density at radius 2 is 1.86 bits per heavy atom. The molecule has 0 unspecified atom stereocenters. The molecule has 2 aromatic heterocycles. The van der Waals surface area contributed by atoms with Crippen LogP contribution in [-0.2, 0) is 0 Å². The molecule has 4 aromatic rings. The highest BCUT2D eigenvalue weighted by Crippen LogP contribution is 2.42. The van der Waals surface area contributed by atoms with E-state index in [1.54, 1.807) is 29.7 Å². The van der Waals surface area contributed by atoms with Crippen LogP contribution in [0.3, 0.4) is 0 Å². The first kappa shape index (κ1) is 16.6. The SMILES string of the molecule is O=C(N/N=C1\C=Cc2c(-c3ccccc3)sc3cccc1c23)c1cccnc1. The molecule has 0 atom stereocenters. The van der Waals surface area contributed by atoms with Crippen LogP contribution in [0, 0.1) is 0 Å². The Labute approximate surface area is 165 Å². The normalized spacial score (nSPS) is 13.8. The molecule has 2 heterocycles. The maximum Gasteiger partial charge on any atom is 0.272 e. The zero-order valence-corrected chi connectivity index (χ0v) is 15.6. The number of nitrogens with zero attached hydrogens (tertiary/aromatic N) is 2. The number of nitrogens with one attached hydrogen (secondary N) is 1. The van der Waals surface area contributed by atoms with Gasteiger partial charge in [0.15, 0.2) is 0 Å². The second kappa shape index (κ2) is 6.87. The predicted octanol–water partition coefficient (Wildman–Crippen LogP) is 5.12. The van der Waals surface area contributed by atoms with E-state index in [9.17, 15) is 4.79 Å². The van der Waals surface area contributed by atoms with E-state index >= 15 is 0 Å². The molecule has 28 heavy (non-hydrogen) atoms. The molecule has 5 heteroatoms. The third-order valence-electron chi connectivity index (χ3n) is 4.67. The quantitative estimate of drug-likeness (QED) is 0.501. The van der Waals surface area contributed by atoms with E-state index in [4.69, 9.17) is 0 Å². The van der Waals surface area contributed by atoms with E-state index in [2.05, 4.69) is 51.9 Å². The van der Waals surface area contributed by atoms with E-state index in [1.807, 2.05) is 24.3 Å². The number of benzene rings is 2. The average Bonchev–Trinajstić information content (AvgIpc) is 3.14. The van der Waals surface area contributed by atoms with Gasteiger partial charge in [-0.25, -0.2) is 5.43 Å². The van der Waals surface area contributed by atoms with E-state index < -0.39 is 0 Å². The Kier molecular flexibility index (Phi) is 4.07. The summed E-state index contributed by atoms with van der Waals surface area (Å²) >= 11 is 1.78. The smallest absolute Gasteiger partial charge is 0.267 e. The van der Waals surface area contributed by atoms with Crippen molar-refractivity contribution in [3.63, 3.8) is 0 Å². The summed E-state index contributed by atoms with van der Waals surface area (Å²) < 4.78 is 1.21. The minimum atomic E-state index is -0.276. The van der Waals surface area contributed by atoms with Crippen LogP contribution >= 0.6 is 11.3 Å². The van der Waals surface area contributed by atoms with Crippen LogP contribution in [0.15, 0.2) is 84.2 Å². The number of carbonyl (C=O) groups is 1. The van der Waals surface area contributed by atoms with Crippen LogP contribution in [0.5, 0.6) is 0 Å². The van der Waals surface area contributed by atoms with Gasteiger partial charge in [0, 0.05) is 38.5 Å². The number of pyridine rings is 1. The van der Waals surface area contributed by atoms with Crippen molar-refractivity contribution in [2.24, 2.45) is 5.10 Å². The third-order valence-corrected chi connectivity index (χ3v) is 5.89. The first-order valence-corrected chi connectivity index (χ1v) is 9.70. The lowest BCUT2D eigenvalue weighted by atomic mass is 9.94. The number of amides is 1. The van der Waals surface area contributed by atoms with Crippen molar-refractivity contribution in [1.29, 1.82) is 0 Å². The van der Waals surface area contributed by atoms with Crippen molar-refractivity contribution in [3.8, 4) is 10.4 Å². The van der Waals surface area contributed by atoms with Crippen molar-refractivity contribution >= 4 is 39.1 Å². The molecule has 1 amide bonds. The van der Waals surface area contributed by atoms with Gasteiger partial charge in [-0.2, -0.15) is 5.10 Å². The molecule has 1 aliphatic carbocycles. The van der Waals surface area contributed by atoms with Gasteiger partial charge in [-0.05, 0) is 29.8 Å². The fraction of sp³-hybridized carbons (Fsp3) is 0. The van der Waals surface area contributed by atoms with Gasteiger partial charge in [-0.1, -0.05) is 48.5 Å². The lowest BCUT2D eigenvalue weighted by Crippen LogP contribution is -2.20. The van der Waals surface area contributed by atoms with Crippen LogP contribution in [0.4, 0.5) is 0 Å². The molecule has 0 saturated heterocycles. The molecule has 0 fully saturated rings. The lowest BCUT2D eigenvalue weighted by molar-refractivity contribution is 0.0954. The molecule has 4 nitrogen and oxygen atoms in total. The topological polar surface area (TPSA) is 54.4 Å². The molecule has 5 rings (SSSR count). The van der Waals surface area contributed by atoms with Crippen LogP contribution in [0.2, 0.25) is 0 Å². The van der Waals surface area contributed by atoms with Gasteiger partial charge in [-0.15, -0.1) is 11.3 Å². The second-order valence-electron chi connectivity index (χ2n) is 6.40. The molecular formula is C23H15N3OS. The Morgan fingerprint density at radius 1 is 0.964 bits per heavy atom. The van der Waals surface area contributed by atoms with Crippen molar-refractivity contribution in [1.82, 2.24) is 10.4 Å². The summed E-state index contributed by atoms with van der Waals surface area (Å²) in [4.78, 5) is 17.5. The first-order chi connectivity index (χ1) is 13.8. The zero-order chi connectivity index (χ0) is 18.9. The molecule has 0 saturated carbocycles. The van der Waals surface area contributed by atoms with E-state index in [0.29, 0.717) is 5.56 Å². The van der Waals surface area contributed by atoms with Gasteiger partial charge in [0.2, 0.25) is 0 Å². The Balaban J connectivity index is 1.55. The van der Waals surface area contributed by atoms with Crippen LogP contribution in [0.25, 0.3) is 26.6 Å². The Hall–Kier alpha value is -3.57. The van der Waals surface area contributed by atoms with Crippen LogP contribution in [-0.4, -0.2) is 16.6 Å². The maximum atomic E-state index is 12.3. The number of hydrazone groups is 1. The largest absolute Gasteiger partial charge is 0.272 e. The van der Waals surface area contributed by atoms with Crippen LogP contribution in [0.1, 0.15) is 21.5 Å². The molecule has 1 aliphatic rings. The first-order valence-electron chi connectivity index (χ1n) is 8.89. The maximum absolute atomic E-state index is 12.3. The molecule has 0 aliphatic heterocycles. The summed E-state index contributed by atoms with van der Waals surface area (Å²) in [6, 6.07) is 20.1. The predicted molar refractivity (Wildman–Crippen MR) is 115 cm³/mol. The number of aromatic nitrogens is 1. The van der Waals surface area contributed by atoms with Crippen LogP contribution < -0.4 is 5.43 Å². The average molecular weight is 381 g/mol. The highest BCUT2D eigenvalue weighted by molar-refractivity contribution is 7.22. The number of carbonyl (C=O) groups excluding carboxylic acids is 1. The third kappa shape index (κ3) is 2.82.